The van der Waals surface area contributed by atoms with Gasteiger partial charge in [0.15, 0.2) is 0 Å². The number of carbonyl (C=O) groups is 2. The van der Waals surface area contributed by atoms with Gasteiger partial charge in [-0.2, -0.15) is 0 Å². The minimum absolute atomic E-state index is 0.162. The van der Waals surface area contributed by atoms with Crippen LogP contribution in [0.5, 0.6) is 0 Å². The molecule has 0 heterocycles. The van der Waals surface area contributed by atoms with Crippen LogP contribution in [0, 0.1) is 17.8 Å². The van der Waals surface area contributed by atoms with E-state index in [9.17, 15) is 14.7 Å². The molecule has 160 valence electrons. The molecule has 0 aliphatic rings. The van der Waals surface area contributed by atoms with Gasteiger partial charge in [0.25, 0.3) is 5.91 Å². The summed E-state index contributed by atoms with van der Waals surface area (Å²) in [6.45, 7) is 6.43. The van der Waals surface area contributed by atoms with Gasteiger partial charge >= 0.3 is 0 Å². The molecule has 7 nitrogen and oxygen atoms in total. The molecule has 7 heteroatoms. The molecule has 0 aromatic heterocycles. The van der Waals surface area contributed by atoms with E-state index in [0.29, 0.717) is 24.6 Å². The second-order valence-corrected chi connectivity index (χ2v) is 7.72. The Bertz CT molecular complexity index is 702. The van der Waals surface area contributed by atoms with Crippen LogP contribution in [-0.2, 0) is 20.8 Å². The van der Waals surface area contributed by atoms with E-state index in [1.165, 1.54) is 0 Å². The summed E-state index contributed by atoms with van der Waals surface area (Å²) < 4.78 is 10.8. The van der Waals surface area contributed by atoms with Gasteiger partial charge in [0.05, 0.1) is 46.5 Å². The molecule has 0 fully saturated rings. The van der Waals surface area contributed by atoms with E-state index in [-0.39, 0.29) is 19.1 Å². The highest BCUT2D eigenvalue weighted by atomic mass is 16.5. The van der Waals surface area contributed by atoms with E-state index in [2.05, 4.69) is 45.1 Å². The van der Waals surface area contributed by atoms with Gasteiger partial charge in [-0.15, -0.1) is 0 Å². The fraction of sp³-hybridized carbons (Fsp3) is 0.545. The normalized spacial score (nSPS) is 11.1. The van der Waals surface area contributed by atoms with Gasteiger partial charge in [-0.1, -0.05) is 31.9 Å². The third-order valence-corrected chi connectivity index (χ3v) is 3.85. The molecule has 1 rings (SSSR count). The standard InChI is InChI=1S/C22H32N2O5/c1-18(2)6-5-12-24(3,4)16-19-7-9-20(10-8-19)22(27)23-11-13-28-14-15-29-17-21(25)26/h7-10,18H,11-17H2,1-4H3,(H-,23,25,26,27). The van der Waals surface area contributed by atoms with Gasteiger partial charge in [-0.25, -0.2) is 0 Å². The second kappa shape index (κ2) is 12.9. The van der Waals surface area contributed by atoms with Gasteiger partial charge in [-0.3, -0.25) is 4.79 Å². The lowest BCUT2D eigenvalue weighted by molar-refractivity contribution is -0.896. The first-order valence-corrected chi connectivity index (χ1v) is 9.72. The average molecular weight is 405 g/mol. The maximum atomic E-state index is 12.2. The van der Waals surface area contributed by atoms with E-state index in [1.807, 2.05) is 24.3 Å². The monoisotopic (exact) mass is 404 g/mol. The number of ether oxygens (including phenoxy) is 2. The van der Waals surface area contributed by atoms with Gasteiger partial charge in [0.2, 0.25) is 0 Å². The van der Waals surface area contributed by atoms with Crippen LogP contribution in [0.2, 0.25) is 0 Å². The van der Waals surface area contributed by atoms with Crippen LogP contribution in [0.3, 0.4) is 0 Å². The number of aliphatic carboxylic acids is 1. The van der Waals surface area contributed by atoms with Crippen molar-refractivity contribution in [3.8, 4) is 11.8 Å². The van der Waals surface area contributed by atoms with Crippen molar-refractivity contribution in [1.29, 1.82) is 0 Å². The molecule has 1 N–H and O–H groups in total. The fourth-order valence-corrected chi connectivity index (χ4v) is 2.49. The van der Waals surface area contributed by atoms with E-state index < -0.39 is 12.6 Å². The Morgan fingerprint density at radius 1 is 1.10 bits per heavy atom. The minimum atomic E-state index is -1.26. The Kier molecular flexibility index (Phi) is 11.0. The smallest absolute Gasteiger partial charge is 0.251 e. The zero-order valence-electron chi connectivity index (χ0n) is 17.8. The number of hydrogen-bond acceptors (Lipinski definition) is 5. The Balaban J connectivity index is 2.33. The number of quaternary nitrogens is 1. The van der Waals surface area contributed by atoms with Crippen molar-refractivity contribution in [2.45, 2.75) is 20.4 Å². The van der Waals surface area contributed by atoms with E-state index in [1.54, 1.807) is 0 Å². The number of rotatable bonds is 12. The number of carboxylic acid groups (broad SMARTS) is 1. The summed E-state index contributed by atoms with van der Waals surface area (Å²) in [4.78, 5) is 22.3. The number of benzene rings is 1. The molecule has 0 bridgehead atoms. The van der Waals surface area contributed by atoms with Crippen molar-refractivity contribution in [3.05, 3.63) is 35.4 Å². The van der Waals surface area contributed by atoms with Gasteiger partial charge in [-0.05, 0) is 18.1 Å². The number of carboxylic acids is 1. The zero-order chi connectivity index (χ0) is 21.7. The lowest BCUT2D eigenvalue weighted by Crippen LogP contribution is -2.39. The zero-order valence-corrected chi connectivity index (χ0v) is 17.8. The summed E-state index contributed by atoms with van der Waals surface area (Å²) in [5.74, 6) is 5.38. The maximum absolute atomic E-state index is 12.2. The van der Waals surface area contributed by atoms with Gasteiger partial charge in [0.1, 0.15) is 13.1 Å². The van der Waals surface area contributed by atoms with Gasteiger partial charge in [0, 0.05) is 23.6 Å². The first-order valence-electron chi connectivity index (χ1n) is 9.72. The van der Waals surface area contributed by atoms with E-state index in [4.69, 9.17) is 9.47 Å². The molecular formula is C22H32N2O5. The number of hydrogen-bond donors (Lipinski definition) is 1. The largest absolute Gasteiger partial charge is 0.548 e. The first-order chi connectivity index (χ1) is 13.7. The summed E-state index contributed by atoms with van der Waals surface area (Å²) in [5.41, 5.74) is 1.74. The summed E-state index contributed by atoms with van der Waals surface area (Å²) >= 11 is 0. The molecule has 1 amide bonds. The lowest BCUT2D eigenvalue weighted by Gasteiger charge is -2.27. The van der Waals surface area contributed by atoms with Crippen LogP contribution in [-0.4, -0.2) is 70.0 Å². The van der Waals surface area contributed by atoms with Crippen molar-refractivity contribution < 1.29 is 28.7 Å². The summed E-state index contributed by atoms with van der Waals surface area (Å²) in [6, 6.07) is 7.57. The minimum Gasteiger partial charge on any atom is -0.548 e. The highest BCUT2D eigenvalue weighted by Crippen LogP contribution is 2.11. The Morgan fingerprint density at radius 3 is 2.38 bits per heavy atom. The second-order valence-electron chi connectivity index (χ2n) is 7.72. The third kappa shape index (κ3) is 11.9. The molecule has 0 atom stereocenters. The van der Waals surface area contributed by atoms with Gasteiger partial charge < -0.3 is 29.2 Å². The summed E-state index contributed by atoms with van der Waals surface area (Å²) in [5, 5.41) is 13.0. The van der Waals surface area contributed by atoms with Crippen LogP contribution in [0.15, 0.2) is 24.3 Å². The number of nitrogens with zero attached hydrogens (tertiary/aromatic N) is 1. The lowest BCUT2D eigenvalue weighted by atomic mass is 10.1. The molecule has 0 saturated heterocycles. The Morgan fingerprint density at radius 2 is 1.76 bits per heavy atom. The van der Waals surface area contributed by atoms with E-state index >= 15 is 0 Å². The molecule has 0 saturated carbocycles. The predicted octanol–water partition coefficient (Wildman–Crippen LogP) is 0.435. The van der Waals surface area contributed by atoms with Crippen LogP contribution >= 0.6 is 0 Å². The molecule has 1 aromatic rings. The topological polar surface area (TPSA) is 87.7 Å². The summed E-state index contributed by atoms with van der Waals surface area (Å²) in [7, 11) is 4.28. The Labute approximate surface area is 173 Å². The van der Waals surface area contributed by atoms with Crippen LogP contribution in [0.4, 0.5) is 0 Å². The molecule has 0 unspecified atom stereocenters. The molecule has 29 heavy (non-hydrogen) atoms. The van der Waals surface area contributed by atoms with Crippen molar-refractivity contribution in [1.82, 2.24) is 5.32 Å². The highest BCUT2D eigenvalue weighted by Gasteiger charge is 2.15. The maximum Gasteiger partial charge on any atom is 0.251 e. The SMILES string of the molecule is CC(C)C#CC[N+](C)(C)Cc1ccc(C(=O)NCCOCCOCC(=O)[O-])cc1. The third-order valence-electron chi connectivity index (χ3n) is 3.85. The van der Waals surface area contributed by atoms with Crippen molar-refractivity contribution in [3.63, 3.8) is 0 Å². The molecule has 0 spiro atoms. The highest BCUT2D eigenvalue weighted by molar-refractivity contribution is 5.94. The van der Waals surface area contributed by atoms with Crippen LogP contribution in [0.1, 0.15) is 29.8 Å². The Hall–Kier alpha value is -2.40. The van der Waals surface area contributed by atoms with Crippen molar-refractivity contribution >= 4 is 11.9 Å². The molecular weight excluding hydrogens is 372 g/mol. The molecule has 0 aliphatic heterocycles. The quantitative estimate of drug-likeness (QED) is 0.310. The fourth-order valence-electron chi connectivity index (χ4n) is 2.49. The summed E-state index contributed by atoms with van der Waals surface area (Å²) in [6.07, 6.45) is 0. The molecule has 0 radical (unpaired) electrons. The first kappa shape index (κ1) is 24.6. The van der Waals surface area contributed by atoms with Crippen molar-refractivity contribution in [2.24, 2.45) is 5.92 Å². The number of amides is 1. The molecule has 0 aliphatic carbocycles. The number of carbonyl (C=O) groups excluding carboxylic acids is 2. The van der Waals surface area contributed by atoms with Crippen LogP contribution in [0.25, 0.3) is 0 Å². The van der Waals surface area contributed by atoms with E-state index in [0.717, 1.165) is 23.1 Å². The van der Waals surface area contributed by atoms with Crippen molar-refractivity contribution in [2.75, 3.05) is 53.6 Å². The van der Waals surface area contributed by atoms with Crippen LogP contribution < -0.4 is 10.4 Å². The number of nitrogens with one attached hydrogen (secondary N) is 1. The molecule has 1 aromatic carbocycles. The average Bonchev–Trinajstić information content (AvgIpc) is 2.63. The predicted molar refractivity (Wildman–Crippen MR) is 109 cm³/mol.